The summed E-state index contributed by atoms with van der Waals surface area (Å²) in [6.45, 7) is 7.47. The first-order valence-electron chi connectivity index (χ1n) is 8.16. The zero-order valence-corrected chi connectivity index (χ0v) is 13.9. The van der Waals surface area contributed by atoms with Gasteiger partial charge in [-0.1, -0.05) is 23.7 Å². The maximum absolute atomic E-state index is 6.19. The second-order valence-electron chi connectivity index (χ2n) is 6.10. The van der Waals surface area contributed by atoms with Crippen LogP contribution in [0.15, 0.2) is 24.3 Å². The predicted molar refractivity (Wildman–Crippen MR) is 88.4 cm³/mol. The molecule has 122 valence electrons. The van der Waals surface area contributed by atoms with Crippen molar-refractivity contribution in [2.24, 2.45) is 0 Å². The van der Waals surface area contributed by atoms with Crippen molar-refractivity contribution in [3.8, 4) is 0 Å². The van der Waals surface area contributed by atoms with Gasteiger partial charge in [0.25, 0.3) is 0 Å². The van der Waals surface area contributed by atoms with Gasteiger partial charge in [-0.25, -0.2) is 0 Å². The van der Waals surface area contributed by atoms with Gasteiger partial charge in [0.2, 0.25) is 0 Å². The molecule has 0 spiro atoms. The lowest BCUT2D eigenvalue weighted by Gasteiger charge is -2.36. The molecule has 4 nitrogen and oxygen atoms in total. The van der Waals surface area contributed by atoms with E-state index in [1.54, 1.807) is 0 Å². The minimum Gasteiger partial charge on any atom is -0.379 e. The molecule has 2 aliphatic rings. The molecule has 0 bridgehead atoms. The van der Waals surface area contributed by atoms with Gasteiger partial charge < -0.3 is 14.8 Å². The molecular weight excluding hydrogens is 300 g/mol. The van der Waals surface area contributed by atoms with Crippen LogP contribution >= 0.6 is 11.6 Å². The molecule has 0 radical (unpaired) electrons. The summed E-state index contributed by atoms with van der Waals surface area (Å²) in [6, 6.07) is 8.99. The Kier molecular flexibility index (Phi) is 5.71. The second-order valence-corrected chi connectivity index (χ2v) is 6.53. The van der Waals surface area contributed by atoms with Crippen molar-refractivity contribution in [2.45, 2.75) is 31.5 Å². The van der Waals surface area contributed by atoms with Gasteiger partial charge >= 0.3 is 0 Å². The van der Waals surface area contributed by atoms with Gasteiger partial charge in [0.1, 0.15) is 0 Å². The first-order chi connectivity index (χ1) is 10.7. The van der Waals surface area contributed by atoms with E-state index in [-0.39, 0.29) is 0 Å². The molecule has 0 amide bonds. The number of ether oxygens (including phenoxy) is 2. The molecule has 2 heterocycles. The molecule has 3 rings (SSSR count). The Balaban J connectivity index is 1.70. The molecule has 2 aliphatic heterocycles. The Morgan fingerprint density at radius 3 is 2.82 bits per heavy atom. The van der Waals surface area contributed by atoms with Crippen molar-refractivity contribution in [3.63, 3.8) is 0 Å². The van der Waals surface area contributed by atoms with Crippen molar-refractivity contribution in [2.75, 3.05) is 39.5 Å². The van der Waals surface area contributed by atoms with E-state index in [1.165, 1.54) is 5.56 Å². The van der Waals surface area contributed by atoms with Crippen LogP contribution in [0.4, 0.5) is 0 Å². The summed E-state index contributed by atoms with van der Waals surface area (Å²) < 4.78 is 11.1. The molecule has 2 fully saturated rings. The highest BCUT2D eigenvalue weighted by Gasteiger charge is 2.27. The Morgan fingerprint density at radius 2 is 2.14 bits per heavy atom. The smallest absolute Gasteiger partial charge is 0.0700 e. The first kappa shape index (κ1) is 16.2. The highest BCUT2D eigenvalue weighted by Crippen LogP contribution is 2.25. The first-order valence-corrected chi connectivity index (χ1v) is 8.54. The SMILES string of the molecule is C[C@@H]1OCC[C@H]1NC[C@@H](c1cccc(Cl)c1)N1CCOCC1. The summed E-state index contributed by atoms with van der Waals surface area (Å²) in [5, 5.41) is 4.50. The van der Waals surface area contributed by atoms with Gasteiger partial charge in [0, 0.05) is 43.3 Å². The summed E-state index contributed by atoms with van der Waals surface area (Å²) in [5.41, 5.74) is 1.27. The highest BCUT2D eigenvalue weighted by molar-refractivity contribution is 6.30. The molecule has 2 saturated heterocycles. The van der Waals surface area contributed by atoms with Gasteiger partial charge in [-0.2, -0.15) is 0 Å². The number of benzene rings is 1. The fraction of sp³-hybridized carbons (Fsp3) is 0.647. The third-order valence-corrected chi connectivity index (χ3v) is 4.90. The third-order valence-electron chi connectivity index (χ3n) is 4.67. The van der Waals surface area contributed by atoms with Crippen molar-refractivity contribution < 1.29 is 9.47 Å². The molecular formula is C17H25ClN2O2. The van der Waals surface area contributed by atoms with Crippen molar-refractivity contribution >= 4 is 11.6 Å². The van der Waals surface area contributed by atoms with Gasteiger partial charge in [-0.05, 0) is 31.0 Å². The van der Waals surface area contributed by atoms with E-state index in [0.29, 0.717) is 18.2 Å². The molecule has 3 atom stereocenters. The Labute approximate surface area is 137 Å². The third kappa shape index (κ3) is 4.00. The number of hydrogen-bond donors (Lipinski definition) is 1. The molecule has 1 N–H and O–H groups in total. The number of rotatable bonds is 5. The van der Waals surface area contributed by atoms with Crippen LogP contribution in [0, 0.1) is 0 Å². The lowest BCUT2D eigenvalue weighted by Crippen LogP contribution is -2.45. The predicted octanol–water partition coefficient (Wildman–Crippen LogP) is 2.48. The van der Waals surface area contributed by atoms with Crippen LogP contribution in [0.5, 0.6) is 0 Å². The molecule has 22 heavy (non-hydrogen) atoms. The minimum absolute atomic E-state index is 0.296. The molecule has 0 aromatic heterocycles. The number of halogens is 1. The average molecular weight is 325 g/mol. The van der Waals surface area contributed by atoms with Gasteiger partial charge in [0.15, 0.2) is 0 Å². The van der Waals surface area contributed by atoms with Crippen LogP contribution in [-0.4, -0.2) is 56.5 Å². The van der Waals surface area contributed by atoms with Gasteiger partial charge in [0.05, 0.1) is 19.3 Å². The summed E-state index contributed by atoms with van der Waals surface area (Å²) in [7, 11) is 0. The van der Waals surface area contributed by atoms with E-state index in [9.17, 15) is 0 Å². The van der Waals surface area contributed by atoms with E-state index < -0.39 is 0 Å². The zero-order valence-electron chi connectivity index (χ0n) is 13.1. The van der Waals surface area contributed by atoms with Crippen LogP contribution in [0.1, 0.15) is 24.9 Å². The standard InChI is InChI=1S/C17H25ClN2O2/c1-13-16(5-8-22-13)19-12-17(20-6-9-21-10-7-20)14-3-2-4-15(18)11-14/h2-4,11,13,16-17,19H,5-10,12H2,1H3/t13-,16+,17-/m0/s1. The van der Waals surface area contributed by atoms with E-state index in [1.807, 2.05) is 12.1 Å². The largest absolute Gasteiger partial charge is 0.379 e. The summed E-state index contributed by atoms with van der Waals surface area (Å²) in [6.07, 6.45) is 1.39. The topological polar surface area (TPSA) is 33.7 Å². The Morgan fingerprint density at radius 1 is 1.32 bits per heavy atom. The van der Waals surface area contributed by atoms with Gasteiger partial charge in [-0.3, -0.25) is 4.90 Å². The number of nitrogens with one attached hydrogen (secondary N) is 1. The molecule has 1 aromatic carbocycles. The lowest BCUT2D eigenvalue weighted by atomic mass is 10.0. The number of hydrogen-bond acceptors (Lipinski definition) is 4. The fourth-order valence-electron chi connectivity index (χ4n) is 3.32. The summed E-state index contributed by atoms with van der Waals surface area (Å²) >= 11 is 6.19. The number of nitrogens with zero attached hydrogens (tertiary/aromatic N) is 1. The zero-order chi connectivity index (χ0) is 15.4. The van der Waals surface area contributed by atoms with Crippen LogP contribution in [0.2, 0.25) is 5.02 Å². The second kappa shape index (κ2) is 7.75. The molecule has 0 unspecified atom stereocenters. The molecule has 5 heteroatoms. The Bertz CT molecular complexity index is 479. The quantitative estimate of drug-likeness (QED) is 0.902. The maximum Gasteiger partial charge on any atom is 0.0700 e. The van der Waals surface area contributed by atoms with Crippen LogP contribution in [0.3, 0.4) is 0 Å². The monoisotopic (exact) mass is 324 g/mol. The van der Waals surface area contributed by atoms with E-state index in [4.69, 9.17) is 21.1 Å². The van der Waals surface area contributed by atoms with Crippen molar-refractivity contribution in [3.05, 3.63) is 34.9 Å². The van der Waals surface area contributed by atoms with E-state index >= 15 is 0 Å². The average Bonchev–Trinajstić information content (AvgIpc) is 2.94. The number of morpholine rings is 1. The van der Waals surface area contributed by atoms with Gasteiger partial charge in [-0.15, -0.1) is 0 Å². The van der Waals surface area contributed by atoms with Crippen LogP contribution < -0.4 is 5.32 Å². The Hall–Kier alpha value is -0.650. The van der Waals surface area contributed by atoms with Crippen molar-refractivity contribution in [1.82, 2.24) is 10.2 Å². The molecule has 1 aromatic rings. The molecule has 0 saturated carbocycles. The van der Waals surface area contributed by atoms with Crippen molar-refractivity contribution in [1.29, 1.82) is 0 Å². The summed E-state index contributed by atoms with van der Waals surface area (Å²) in [4.78, 5) is 2.49. The lowest BCUT2D eigenvalue weighted by molar-refractivity contribution is 0.0149. The van der Waals surface area contributed by atoms with Crippen LogP contribution in [0.25, 0.3) is 0 Å². The van der Waals surface area contributed by atoms with E-state index in [0.717, 1.165) is 50.9 Å². The summed E-state index contributed by atoms with van der Waals surface area (Å²) in [5.74, 6) is 0. The van der Waals surface area contributed by atoms with Crippen LogP contribution in [-0.2, 0) is 9.47 Å². The normalized spacial score (nSPS) is 27.9. The molecule has 0 aliphatic carbocycles. The highest BCUT2D eigenvalue weighted by atomic mass is 35.5. The van der Waals surface area contributed by atoms with E-state index in [2.05, 4.69) is 29.3 Å². The maximum atomic E-state index is 6.19. The minimum atomic E-state index is 0.296. The fourth-order valence-corrected chi connectivity index (χ4v) is 3.52.